The molecule has 1 aromatic carbocycles. The van der Waals surface area contributed by atoms with Crippen LogP contribution in [0.5, 0.6) is 0 Å². The average Bonchev–Trinajstić information content (AvgIpc) is 3.55. The van der Waals surface area contributed by atoms with Gasteiger partial charge in [0.25, 0.3) is 11.8 Å². The van der Waals surface area contributed by atoms with E-state index in [9.17, 15) is 14.4 Å². The van der Waals surface area contributed by atoms with E-state index < -0.39 is 24.4 Å². The molecule has 7 nitrogen and oxygen atoms in total. The van der Waals surface area contributed by atoms with E-state index in [0.717, 1.165) is 34.5 Å². The van der Waals surface area contributed by atoms with Gasteiger partial charge in [-0.15, -0.1) is 22.7 Å². The molecule has 0 radical (unpaired) electrons. The highest BCUT2D eigenvalue weighted by Gasteiger charge is 2.23. The largest absolute Gasteiger partial charge is 0.452 e. The number of carbonyl (C=O) groups is 3. The van der Waals surface area contributed by atoms with Gasteiger partial charge >= 0.3 is 5.97 Å². The number of aryl methyl sites for hydroxylation is 2. The first-order valence-corrected chi connectivity index (χ1v) is 12.7. The molecule has 0 atom stereocenters. The van der Waals surface area contributed by atoms with Crippen molar-refractivity contribution in [2.24, 2.45) is 0 Å². The maximum atomic E-state index is 12.7. The number of esters is 1. The summed E-state index contributed by atoms with van der Waals surface area (Å²) in [7, 11) is 0. The number of ether oxygens (including phenoxy) is 1. The van der Waals surface area contributed by atoms with Crippen molar-refractivity contribution in [1.82, 2.24) is 15.3 Å². The predicted molar refractivity (Wildman–Crippen MR) is 127 cm³/mol. The topological polar surface area (TPSA) is 98.2 Å². The summed E-state index contributed by atoms with van der Waals surface area (Å²) in [4.78, 5) is 49.1. The van der Waals surface area contributed by atoms with E-state index in [2.05, 4.69) is 15.3 Å². The molecule has 10 heteroatoms. The van der Waals surface area contributed by atoms with Crippen LogP contribution in [0.4, 0.5) is 0 Å². The molecule has 4 aromatic rings. The van der Waals surface area contributed by atoms with Crippen molar-refractivity contribution in [3.8, 4) is 0 Å². The van der Waals surface area contributed by atoms with Gasteiger partial charge in [-0.25, -0.2) is 14.8 Å². The summed E-state index contributed by atoms with van der Waals surface area (Å²) >= 11 is 4.32. The average molecular weight is 496 g/mol. The van der Waals surface area contributed by atoms with E-state index in [1.165, 1.54) is 33.5 Å². The van der Waals surface area contributed by atoms with Crippen LogP contribution < -0.4 is 5.32 Å². The summed E-state index contributed by atoms with van der Waals surface area (Å²) in [5.74, 6) is -1.84. The Balaban J connectivity index is 1.30. The van der Waals surface area contributed by atoms with Crippen LogP contribution in [0.1, 0.15) is 36.9 Å². The number of benzene rings is 1. The van der Waals surface area contributed by atoms with Crippen molar-refractivity contribution in [2.45, 2.75) is 29.2 Å². The van der Waals surface area contributed by atoms with Crippen LogP contribution in [-0.4, -0.2) is 34.4 Å². The highest BCUT2D eigenvalue weighted by molar-refractivity contribution is 7.99. The van der Waals surface area contributed by atoms with Crippen LogP contribution in [0.25, 0.3) is 10.2 Å². The molecular weight excluding hydrogens is 478 g/mol. The Morgan fingerprint density at radius 2 is 1.97 bits per heavy atom. The van der Waals surface area contributed by atoms with Crippen LogP contribution in [0.2, 0.25) is 0 Å². The van der Waals surface area contributed by atoms with Crippen LogP contribution in [0.3, 0.4) is 0 Å². The minimum atomic E-state index is -0.682. The van der Waals surface area contributed by atoms with E-state index in [1.807, 2.05) is 12.1 Å². The molecular formula is C23H17N3O4S3. The minimum absolute atomic E-state index is 0.332. The molecule has 1 N–H and O–H groups in total. The van der Waals surface area contributed by atoms with Gasteiger partial charge in [-0.2, -0.15) is 0 Å². The monoisotopic (exact) mass is 495 g/mol. The maximum Gasteiger partial charge on any atom is 0.339 e. The lowest BCUT2D eigenvalue weighted by atomic mass is 10.2. The molecule has 0 bridgehead atoms. The number of hydrogen-bond donors (Lipinski definition) is 1. The summed E-state index contributed by atoms with van der Waals surface area (Å²) in [6, 6.07) is 10.4. The standard InChI is InChI=1S/C23H17N3O4S3/c27-18(26-20(28)17-9-4-10-31-17)11-30-23(29)14-5-1-2-7-16(14)33-22-19-13-6-3-8-15(13)32-21(19)24-12-25-22/h1-2,4-5,7,9-10,12H,3,6,8,11H2,(H,26,27,28). The third-order valence-electron chi connectivity index (χ3n) is 5.11. The van der Waals surface area contributed by atoms with E-state index >= 15 is 0 Å². The van der Waals surface area contributed by atoms with Gasteiger partial charge in [-0.05, 0) is 48.4 Å². The van der Waals surface area contributed by atoms with E-state index in [1.54, 1.807) is 47.3 Å². The molecule has 0 spiro atoms. The second-order valence-corrected chi connectivity index (χ2v) is 10.3. The van der Waals surface area contributed by atoms with Crippen molar-refractivity contribution in [3.63, 3.8) is 0 Å². The number of rotatable bonds is 6. The molecule has 1 aliphatic carbocycles. The third kappa shape index (κ3) is 4.54. The Kier molecular flexibility index (Phi) is 6.21. The van der Waals surface area contributed by atoms with Crippen LogP contribution in [0.15, 0.2) is 58.0 Å². The molecule has 0 saturated heterocycles. The molecule has 0 fully saturated rings. The zero-order chi connectivity index (χ0) is 22.8. The van der Waals surface area contributed by atoms with Crippen molar-refractivity contribution < 1.29 is 19.1 Å². The molecule has 5 rings (SSSR count). The highest BCUT2D eigenvalue weighted by atomic mass is 32.2. The van der Waals surface area contributed by atoms with E-state index in [0.29, 0.717) is 15.3 Å². The van der Waals surface area contributed by atoms with Gasteiger partial charge in [0.15, 0.2) is 6.61 Å². The molecule has 3 heterocycles. The summed E-state index contributed by atoms with van der Waals surface area (Å²) < 4.78 is 5.19. The number of imide groups is 1. The van der Waals surface area contributed by atoms with Crippen LogP contribution in [0, 0.1) is 0 Å². The normalized spacial score (nSPS) is 12.5. The van der Waals surface area contributed by atoms with E-state index in [4.69, 9.17) is 4.74 Å². The van der Waals surface area contributed by atoms with E-state index in [-0.39, 0.29) is 0 Å². The van der Waals surface area contributed by atoms with Gasteiger partial charge in [0, 0.05) is 15.2 Å². The number of hydrogen-bond acceptors (Lipinski definition) is 9. The quantitative estimate of drug-likeness (QED) is 0.310. The van der Waals surface area contributed by atoms with Crippen molar-refractivity contribution in [3.05, 3.63) is 69.0 Å². The van der Waals surface area contributed by atoms with Gasteiger partial charge in [0.2, 0.25) is 0 Å². The number of amides is 2. The summed E-state index contributed by atoms with van der Waals surface area (Å²) in [6.07, 6.45) is 4.77. The van der Waals surface area contributed by atoms with Crippen LogP contribution >= 0.6 is 34.4 Å². The summed E-state index contributed by atoms with van der Waals surface area (Å²) in [5.41, 5.74) is 1.64. The Bertz CT molecular complexity index is 1360. The molecule has 0 aliphatic heterocycles. The number of carbonyl (C=O) groups excluding carboxylic acids is 3. The Morgan fingerprint density at radius 3 is 2.82 bits per heavy atom. The fraction of sp³-hybridized carbons (Fsp3) is 0.174. The number of nitrogens with one attached hydrogen (secondary N) is 1. The molecule has 0 unspecified atom stereocenters. The number of fused-ring (bicyclic) bond motifs is 3. The molecule has 0 saturated carbocycles. The molecule has 3 aromatic heterocycles. The van der Waals surface area contributed by atoms with Crippen molar-refractivity contribution >= 4 is 62.4 Å². The van der Waals surface area contributed by atoms with Gasteiger partial charge in [-0.1, -0.05) is 30.0 Å². The second-order valence-electron chi connectivity index (χ2n) is 7.25. The second kappa shape index (κ2) is 9.42. The Morgan fingerprint density at radius 1 is 1.09 bits per heavy atom. The first-order chi connectivity index (χ1) is 16.1. The zero-order valence-corrected chi connectivity index (χ0v) is 19.6. The fourth-order valence-corrected chi connectivity index (χ4v) is 6.60. The Hall–Kier alpha value is -3.08. The SMILES string of the molecule is O=C(COC(=O)c1ccccc1Sc1ncnc2sc3c(c12)CCC3)NC(=O)c1cccs1. The molecule has 166 valence electrons. The van der Waals surface area contributed by atoms with Gasteiger partial charge in [0.1, 0.15) is 16.2 Å². The third-order valence-corrected chi connectivity index (χ3v) is 8.26. The number of thiophene rings is 2. The van der Waals surface area contributed by atoms with Crippen LogP contribution in [-0.2, 0) is 22.4 Å². The first-order valence-electron chi connectivity index (χ1n) is 10.2. The Labute approximate surface area is 201 Å². The molecule has 1 aliphatic rings. The van der Waals surface area contributed by atoms with Gasteiger partial charge in [-0.3, -0.25) is 14.9 Å². The van der Waals surface area contributed by atoms with Gasteiger partial charge < -0.3 is 4.74 Å². The zero-order valence-electron chi connectivity index (χ0n) is 17.2. The summed E-state index contributed by atoms with van der Waals surface area (Å²) in [5, 5.41) is 5.83. The molecule has 33 heavy (non-hydrogen) atoms. The van der Waals surface area contributed by atoms with Crippen molar-refractivity contribution in [2.75, 3.05) is 6.61 Å². The first kappa shape index (κ1) is 21.7. The van der Waals surface area contributed by atoms with Gasteiger partial charge in [0.05, 0.1) is 10.4 Å². The number of aromatic nitrogens is 2. The lowest BCUT2D eigenvalue weighted by molar-refractivity contribution is -0.123. The maximum absolute atomic E-state index is 12.7. The van der Waals surface area contributed by atoms with Crippen molar-refractivity contribution in [1.29, 1.82) is 0 Å². The summed E-state index contributed by atoms with van der Waals surface area (Å²) in [6.45, 7) is -0.551. The lowest BCUT2D eigenvalue weighted by Gasteiger charge is -2.10. The highest BCUT2D eigenvalue weighted by Crippen LogP contribution is 2.42. The smallest absolute Gasteiger partial charge is 0.339 e. The lowest BCUT2D eigenvalue weighted by Crippen LogP contribution is -2.33. The predicted octanol–water partition coefficient (Wildman–Crippen LogP) is 4.51. The fourth-order valence-electron chi connectivity index (χ4n) is 3.65. The minimum Gasteiger partial charge on any atom is -0.452 e. The molecule has 2 amide bonds. The number of nitrogens with zero attached hydrogens (tertiary/aromatic N) is 2.